The number of allylic oxidation sites excluding steroid dienone is 1. The third kappa shape index (κ3) is 3.22. The van der Waals surface area contributed by atoms with Gasteiger partial charge in [0.1, 0.15) is 10.1 Å². The SMILES string of the molecule is O.O=C1C=C(S(=O)(=O)[O-])c2ccccc2C1=O.[K+]. The molecule has 1 aliphatic rings. The molecule has 18 heavy (non-hydrogen) atoms. The second-order valence-corrected chi connectivity index (χ2v) is 4.55. The van der Waals surface area contributed by atoms with Crippen molar-refractivity contribution in [1.29, 1.82) is 0 Å². The van der Waals surface area contributed by atoms with E-state index in [9.17, 15) is 22.6 Å². The molecule has 2 rings (SSSR count). The Kier molecular flexibility index (Phi) is 6.24. The summed E-state index contributed by atoms with van der Waals surface area (Å²) in [4.78, 5) is 21.9. The molecule has 0 saturated carbocycles. The molecule has 8 heteroatoms. The van der Waals surface area contributed by atoms with Crippen LogP contribution in [-0.2, 0) is 14.9 Å². The van der Waals surface area contributed by atoms with Gasteiger partial charge in [0, 0.05) is 17.2 Å². The summed E-state index contributed by atoms with van der Waals surface area (Å²) in [6, 6.07) is 5.61. The van der Waals surface area contributed by atoms with E-state index in [0.717, 1.165) is 0 Å². The van der Waals surface area contributed by atoms with Crippen molar-refractivity contribution in [1.82, 2.24) is 0 Å². The van der Waals surface area contributed by atoms with Gasteiger partial charge in [-0.1, -0.05) is 24.3 Å². The number of benzene rings is 1. The Hall–Kier alpha value is -0.194. The Labute approximate surface area is 146 Å². The first kappa shape index (κ1) is 17.8. The molecule has 90 valence electrons. The molecular formula is C10H7KO6S. The van der Waals surface area contributed by atoms with Gasteiger partial charge in [-0.2, -0.15) is 0 Å². The minimum Gasteiger partial charge on any atom is -0.744 e. The number of carbonyl (C=O) groups is 2. The van der Waals surface area contributed by atoms with Gasteiger partial charge in [-0.15, -0.1) is 0 Å². The van der Waals surface area contributed by atoms with Crippen molar-refractivity contribution in [2.24, 2.45) is 0 Å². The molecule has 1 aromatic rings. The van der Waals surface area contributed by atoms with Crippen LogP contribution in [0.4, 0.5) is 0 Å². The maximum atomic E-state index is 11.4. The van der Waals surface area contributed by atoms with Crippen LogP contribution in [0.25, 0.3) is 4.91 Å². The molecule has 0 saturated heterocycles. The second kappa shape index (κ2) is 6.30. The predicted octanol–water partition coefficient (Wildman–Crippen LogP) is -3.48. The van der Waals surface area contributed by atoms with E-state index in [2.05, 4.69) is 0 Å². The molecule has 1 aliphatic carbocycles. The van der Waals surface area contributed by atoms with Crippen LogP contribution in [0.5, 0.6) is 0 Å². The first-order valence-electron chi connectivity index (χ1n) is 4.27. The van der Waals surface area contributed by atoms with Gasteiger partial charge in [-0.05, 0) is 0 Å². The predicted molar refractivity (Wildman–Crippen MR) is 57.1 cm³/mol. The number of hydrogen-bond acceptors (Lipinski definition) is 5. The number of rotatable bonds is 1. The van der Waals surface area contributed by atoms with Crippen molar-refractivity contribution in [3.05, 3.63) is 41.5 Å². The standard InChI is InChI=1S/C10H6O5S.K.H2O/c11-8-5-9(16(13,14)15)6-3-1-2-4-7(6)10(8)12;;/h1-5H,(H,13,14,15);;1H2/q;+1;/p-1. The van der Waals surface area contributed by atoms with E-state index in [0.29, 0.717) is 6.08 Å². The zero-order valence-electron chi connectivity index (χ0n) is 9.34. The zero-order chi connectivity index (χ0) is 11.9. The van der Waals surface area contributed by atoms with Crippen LogP contribution in [0, 0.1) is 0 Å². The van der Waals surface area contributed by atoms with Gasteiger partial charge < -0.3 is 10.0 Å². The van der Waals surface area contributed by atoms with E-state index in [4.69, 9.17) is 0 Å². The quantitative estimate of drug-likeness (QED) is 0.302. The van der Waals surface area contributed by atoms with Crippen molar-refractivity contribution in [2.75, 3.05) is 0 Å². The van der Waals surface area contributed by atoms with Gasteiger partial charge in [-0.3, -0.25) is 9.59 Å². The molecule has 0 fully saturated rings. The molecule has 0 bridgehead atoms. The molecule has 1 aromatic carbocycles. The third-order valence-electron chi connectivity index (χ3n) is 2.19. The largest absolute Gasteiger partial charge is 1.00 e. The molecule has 0 spiro atoms. The van der Waals surface area contributed by atoms with Crippen molar-refractivity contribution in [3.63, 3.8) is 0 Å². The molecule has 0 aliphatic heterocycles. The normalized spacial score (nSPS) is 13.9. The number of Topliss-reactive ketones (excluding diaryl/α,β-unsaturated/α-hetero) is 1. The monoisotopic (exact) mass is 294 g/mol. The maximum absolute atomic E-state index is 11.4. The van der Waals surface area contributed by atoms with E-state index >= 15 is 0 Å². The topological polar surface area (TPSA) is 123 Å². The molecule has 0 unspecified atom stereocenters. The summed E-state index contributed by atoms with van der Waals surface area (Å²) in [6.45, 7) is 0. The minimum atomic E-state index is -4.76. The van der Waals surface area contributed by atoms with E-state index < -0.39 is 26.6 Å². The van der Waals surface area contributed by atoms with Crippen LogP contribution < -0.4 is 51.4 Å². The van der Waals surface area contributed by atoms with E-state index in [-0.39, 0.29) is 68.0 Å². The smallest absolute Gasteiger partial charge is 0.744 e. The number of hydrogen-bond donors (Lipinski definition) is 0. The summed E-state index contributed by atoms with van der Waals surface area (Å²) >= 11 is 0. The van der Waals surface area contributed by atoms with Gasteiger partial charge in [0.15, 0.2) is 0 Å². The van der Waals surface area contributed by atoms with Gasteiger partial charge in [0.2, 0.25) is 11.6 Å². The molecule has 0 atom stereocenters. The van der Waals surface area contributed by atoms with Crippen molar-refractivity contribution < 1.29 is 79.4 Å². The van der Waals surface area contributed by atoms with Gasteiger partial charge in [-0.25, -0.2) is 8.42 Å². The van der Waals surface area contributed by atoms with Gasteiger partial charge >= 0.3 is 51.4 Å². The molecule has 0 heterocycles. The minimum absolute atomic E-state index is 0. The average Bonchev–Trinajstić information content (AvgIpc) is 2.22. The zero-order valence-corrected chi connectivity index (χ0v) is 13.3. The fraction of sp³-hybridized carbons (Fsp3) is 0. The van der Waals surface area contributed by atoms with Crippen molar-refractivity contribution >= 4 is 26.6 Å². The Morgan fingerprint density at radius 2 is 1.50 bits per heavy atom. The van der Waals surface area contributed by atoms with Crippen LogP contribution >= 0.6 is 0 Å². The number of carbonyl (C=O) groups excluding carboxylic acids is 2. The molecule has 6 nitrogen and oxygen atoms in total. The van der Waals surface area contributed by atoms with Crippen LogP contribution in [0.1, 0.15) is 15.9 Å². The van der Waals surface area contributed by atoms with Crippen molar-refractivity contribution in [2.45, 2.75) is 0 Å². The molecule has 0 aromatic heterocycles. The summed E-state index contributed by atoms with van der Waals surface area (Å²) in [7, 11) is -4.76. The fourth-order valence-electron chi connectivity index (χ4n) is 1.50. The Morgan fingerprint density at radius 1 is 1.00 bits per heavy atom. The van der Waals surface area contributed by atoms with Gasteiger partial charge in [0.05, 0.1) is 4.91 Å². The van der Waals surface area contributed by atoms with Crippen LogP contribution in [0.15, 0.2) is 30.3 Å². The maximum Gasteiger partial charge on any atom is 1.00 e. The molecular weight excluding hydrogens is 287 g/mol. The van der Waals surface area contributed by atoms with E-state index in [1.54, 1.807) is 0 Å². The molecule has 0 amide bonds. The number of fused-ring (bicyclic) bond motifs is 1. The molecule has 0 radical (unpaired) electrons. The fourth-order valence-corrected chi connectivity index (χ4v) is 2.20. The summed E-state index contributed by atoms with van der Waals surface area (Å²) in [6.07, 6.45) is 0.576. The average molecular weight is 294 g/mol. The van der Waals surface area contributed by atoms with Crippen LogP contribution in [0.3, 0.4) is 0 Å². The Balaban J connectivity index is 0.00000144. The Morgan fingerprint density at radius 3 is 2.00 bits per heavy atom. The second-order valence-electron chi connectivity index (χ2n) is 3.20. The summed E-state index contributed by atoms with van der Waals surface area (Å²) in [5, 5.41) is 0. The Bertz CT molecular complexity index is 632. The van der Waals surface area contributed by atoms with E-state index in [1.807, 2.05) is 0 Å². The molecule has 2 N–H and O–H groups in total. The van der Waals surface area contributed by atoms with Gasteiger partial charge in [0.25, 0.3) is 0 Å². The first-order valence-corrected chi connectivity index (χ1v) is 5.68. The van der Waals surface area contributed by atoms with Crippen LogP contribution in [0.2, 0.25) is 0 Å². The van der Waals surface area contributed by atoms with Crippen LogP contribution in [-0.4, -0.2) is 30.0 Å². The third-order valence-corrected chi connectivity index (χ3v) is 3.07. The van der Waals surface area contributed by atoms with Crippen molar-refractivity contribution in [3.8, 4) is 0 Å². The van der Waals surface area contributed by atoms with E-state index in [1.165, 1.54) is 24.3 Å². The summed E-state index contributed by atoms with van der Waals surface area (Å²) < 4.78 is 32.7. The number of ketones is 2. The first-order chi connectivity index (χ1) is 7.41. The summed E-state index contributed by atoms with van der Waals surface area (Å²) in [5.41, 5.74) is -0.0634. The summed E-state index contributed by atoms with van der Waals surface area (Å²) in [5.74, 6) is -1.80.